The Kier molecular flexibility index (Phi) is 4.58. The summed E-state index contributed by atoms with van der Waals surface area (Å²) in [6.45, 7) is 6.93. The number of hydrogen-bond donors (Lipinski definition) is 1. The van der Waals surface area contributed by atoms with Crippen molar-refractivity contribution < 1.29 is 0 Å². The molecule has 0 fully saturated rings. The van der Waals surface area contributed by atoms with E-state index in [1.807, 2.05) is 19.1 Å². The van der Waals surface area contributed by atoms with Crippen LogP contribution in [-0.2, 0) is 0 Å². The maximum absolute atomic E-state index is 6.05. The van der Waals surface area contributed by atoms with Gasteiger partial charge in [0.05, 0.1) is 9.72 Å². The van der Waals surface area contributed by atoms with Crippen molar-refractivity contribution in [2.75, 3.05) is 6.54 Å². The summed E-state index contributed by atoms with van der Waals surface area (Å²) >= 11 is 7.83. The normalized spacial score (nSPS) is 9.93. The average molecular weight is 242 g/mol. The first-order valence-electron chi connectivity index (χ1n) is 4.96. The summed E-state index contributed by atoms with van der Waals surface area (Å²) in [5.41, 5.74) is 6.21. The molecule has 1 aromatic carbocycles. The summed E-state index contributed by atoms with van der Waals surface area (Å²) in [5, 5.41) is 2.17. The first-order valence-corrected chi connectivity index (χ1v) is 6.15. The number of benzene rings is 1. The fourth-order valence-corrected chi connectivity index (χ4v) is 2.68. The highest BCUT2D eigenvalue weighted by Crippen LogP contribution is 2.34. The molecule has 2 N–H and O–H groups in total. The second-order valence-corrected chi connectivity index (χ2v) is 4.94. The molecule has 0 spiro atoms. The van der Waals surface area contributed by atoms with Gasteiger partial charge in [0.2, 0.25) is 0 Å². The van der Waals surface area contributed by atoms with Crippen molar-refractivity contribution >= 4 is 33.0 Å². The molecule has 1 aromatic heterocycles. The van der Waals surface area contributed by atoms with Crippen LogP contribution in [0.25, 0.3) is 10.1 Å². The lowest BCUT2D eigenvalue weighted by atomic mass is 10.2. The smallest absolute Gasteiger partial charge is 0.0584 e. The molecule has 15 heavy (non-hydrogen) atoms. The second kappa shape index (κ2) is 5.50. The zero-order chi connectivity index (χ0) is 11.4. The zero-order valence-corrected chi connectivity index (χ0v) is 10.9. The van der Waals surface area contributed by atoms with Crippen LogP contribution in [0.1, 0.15) is 17.4 Å². The lowest BCUT2D eigenvalue weighted by Gasteiger charge is -1.92. The second-order valence-electron chi connectivity index (χ2n) is 3.31. The molecule has 0 aliphatic rings. The monoisotopic (exact) mass is 241 g/mol. The first-order chi connectivity index (χ1) is 7.11. The van der Waals surface area contributed by atoms with Gasteiger partial charge in [-0.3, -0.25) is 0 Å². The highest BCUT2D eigenvalue weighted by molar-refractivity contribution is 7.19. The fraction of sp³-hybridized carbons (Fsp3) is 0.333. The predicted molar refractivity (Wildman–Crippen MR) is 71.0 cm³/mol. The van der Waals surface area contributed by atoms with E-state index in [2.05, 4.69) is 19.9 Å². The van der Waals surface area contributed by atoms with Gasteiger partial charge < -0.3 is 5.73 Å². The molecule has 82 valence electrons. The maximum atomic E-state index is 6.05. The van der Waals surface area contributed by atoms with Gasteiger partial charge in [-0.15, -0.1) is 11.3 Å². The van der Waals surface area contributed by atoms with Gasteiger partial charge >= 0.3 is 0 Å². The van der Waals surface area contributed by atoms with Crippen molar-refractivity contribution in [3.63, 3.8) is 0 Å². The Balaban J connectivity index is 0.000000337. The van der Waals surface area contributed by atoms with E-state index in [-0.39, 0.29) is 0 Å². The Labute approximate surface area is 99.9 Å². The van der Waals surface area contributed by atoms with E-state index in [9.17, 15) is 0 Å². The predicted octanol–water partition coefficient (Wildman–Crippen LogP) is 4.14. The molecule has 2 aromatic rings. The summed E-state index contributed by atoms with van der Waals surface area (Å²) < 4.78 is 1.22. The molecular weight excluding hydrogens is 226 g/mol. The molecule has 1 nitrogen and oxygen atoms in total. The van der Waals surface area contributed by atoms with Crippen molar-refractivity contribution in [1.29, 1.82) is 0 Å². The van der Waals surface area contributed by atoms with Gasteiger partial charge in [0.15, 0.2) is 0 Å². The largest absolute Gasteiger partial charge is 0.331 e. The molecule has 0 aliphatic carbocycles. The van der Waals surface area contributed by atoms with Gasteiger partial charge in [-0.05, 0) is 37.4 Å². The third kappa shape index (κ3) is 2.71. The minimum Gasteiger partial charge on any atom is -0.331 e. The fourth-order valence-electron chi connectivity index (χ4n) is 1.33. The van der Waals surface area contributed by atoms with Gasteiger partial charge in [-0.1, -0.05) is 30.7 Å². The van der Waals surface area contributed by atoms with Crippen LogP contribution in [0.2, 0.25) is 5.02 Å². The Morgan fingerprint density at radius 2 is 1.93 bits per heavy atom. The van der Waals surface area contributed by atoms with E-state index in [1.54, 1.807) is 11.3 Å². The van der Waals surface area contributed by atoms with Gasteiger partial charge in [-0.2, -0.15) is 0 Å². The molecule has 0 aliphatic heterocycles. The third-order valence-electron chi connectivity index (χ3n) is 2.15. The van der Waals surface area contributed by atoms with Crippen LogP contribution in [-0.4, -0.2) is 6.54 Å². The van der Waals surface area contributed by atoms with Crippen LogP contribution in [0.5, 0.6) is 0 Å². The van der Waals surface area contributed by atoms with Crippen LogP contribution in [0.15, 0.2) is 18.2 Å². The zero-order valence-electron chi connectivity index (χ0n) is 9.30. The van der Waals surface area contributed by atoms with E-state index in [1.165, 1.54) is 20.5 Å². The molecule has 0 saturated carbocycles. The quantitative estimate of drug-likeness (QED) is 0.737. The lowest BCUT2D eigenvalue weighted by molar-refractivity contribution is 1.14. The molecule has 2 rings (SSSR count). The topological polar surface area (TPSA) is 26.0 Å². The summed E-state index contributed by atoms with van der Waals surface area (Å²) in [6.07, 6.45) is 0. The summed E-state index contributed by atoms with van der Waals surface area (Å²) in [4.78, 5) is 1.36. The molecule has 0 amide bonds. The van der Waals surface area contributed by atoms with Crippen LogP contribution >= 0.6 is 22.9 Å². The maximum Gasteiger partial charge on any atom is 0.0584 e. The highest BCUT2D eigenvalue weighted by Gasteiger charge is 2.06. The van der Waals surface area contributed by atoms with Crippen molar-refractivity contribution in [2.45, 2.75) is 20.8 Å². The van der Waals surface area contributed by atoms with Gasteiger partial charge in [0.1, 0.15) is 0 Å². The summed E-state index contributed by atoms with van der Waals surface area (Å²) in [6, 6.07) is 6.07. The Hall–Kier alpha value is -0.570. The first kappa shape index (κ1) is 12.5. The molecule has 3 heteroatoms. The Bertz CT molecular complexity index is 448. The number of hydrogen-bond acceptors (Lipinski definition) is 2. The van der Waals surface area contributed by atoms with Crippen molar-refractivity contribution in [3.8, 4) is 0 Å². The number of rotatable bonds is 0. The standard InChI is InChI=1S/C10H9ClS.C2H7N/c1-6-7(2)12-10-8(6)4-3-5-9(10)11;1-2-3/h3-5H,1-2H3;2-3H2,1H3. The molecule has 0 atom stereocenters. The van der Waals surface area contributed by atoms with Crippen molar-refractivity contribution in [2.24, 2.45) is 5.73 Å². The summed E-state index contributed by atoms with van der Waals surface area (Å²) in [7, 11) is 0. The molecular formula is C12H16ClNS. The minimum atomic E-state index is 0.750. The van der Waals surface area contributed by atoms with E-state index in [4.69, 9.17) is 17.3 Å². The van der Waals surface area contributed by atoms with Crippen LogP contribution in [0, 0.1) is 13.8 Å². The minimum absolute atomic E-state index is 0.750. The van der Waals surface area contributed by atoms with Gasteiger partial charge in [-0.25, -0.2) is 0 Å². The van der Waals surface area contributed by atoms with Crippen molar-refractivity contribution in [1.82, 2.24) is 0 Å². The molecule has 1 heterocycles. The number of aryl methyl sites for hydroxylation is 2. The van der Waals surface area contributed by atoms with E-state index in [0.29, 0.717) is 0 Å². The third-order valence-corrected chi connectivity index (χ3v) is 3.84. The highest BCUT2D eigenvalue weighted by atomic mass is 35.5. The Morgan fingerprint density at radius 1 is 1.33 bits per heavy atom. The average Bonchev–Trinajstić information content (AvgIpc) is 2.48. The molecule has 0 radical (unpaired) electrons. The number of thiophene rings is 1. The lowest BCUT2D eigenvalue weighted by Crippen LogP contribution is -1.87. The molecule has 0 saturated heterocycles. The number of nitrogens with two attached hydrogens (primary N) is 1. The molecule has 0 bridgehead atoms. The van der Waals surface area contributed by atoms with E-state index in [0.717, 1.165) is 11.6 Å². The SMILES string of the molecule is CCN.Cc1sc2c(Cl)cccc2c1C. The van der Waals surface area contributed by atoms with Crippen molar-refractivity contribution in [3.05, 3.63) is 33.7 Å². The van der Waals surface area contributed by atoms with Crippen LogP contribution in [0.3, 0.4) is 0 Å². The van der Waals surface area contributed by atoms with E-state index < -0.39 is 0 Å². The summed E-state index contributed by atoms with van der Waals surface area (Å²) in [5.74, 6) is 0. The number of halogens is 1. The van der Waals surface area contributed by atoms with E-state index >= 15 is 0 Å². The van der Waals surface area contributed by atoms with Crippen LogP contribution in [0.4, 0.5) is 0 Å². The van der Waals surface area contributed by atoms with Gasteiger partial charge in [0.25, 0.3) is 0 Å². The van der Waals surface area contributed by atoms with Gasteiger partial charge in [0, 0.05) is 4.88 Å². The number of fused-ring (bicyclic) bond motifs is 1. The Morgan fingerprint density at radius 3 is 2.47 bits per heavy atom. The molecule has 0 unspecified atom stereocenters. The van der Waals surface area contributed by atoms with Crippen LogP contribution < -0.4 is 5.73 Å².